The third kappa shape index (κ3) is 11.5. The molecule has 194 valence electrons. The first kappa shape index (κ1) is 29.5. The molecule has 0 bridgehead atoms. The van der Waals surface area contributed by atoms with Gasteiger partial charge in [-0.05, 0) is 38.3 Å². The predicted octanol–water partition coefficient (Wildman–Crippen LogP) is -1.49. The zero-order valence-electron chi connectivity index (χ0n) is 19.9. The largest absolute Gasteiger partial charge is 0.480 e. The van der Waals surface area contributed by atoms with Crippen molar-refractivity contribution in [1.82, 2.24) is 16.0 Å². The summed E-state index contributed by atoms with van der Waals surface area (Å²) < 4.78 is 0. The summed E-state index contributed by atoms with van der Waals surface area (Å²) in [5.41, 5.74) is 17.1. The van der Waals surface area contributed by atoms with E-state index in [-0.39, 0.29) is 19.3 Å². The van der Waals surface area contributed by atoms with E-state index in [2.05, 4.69) is 16.0 Å². The summed E-state index contributed by atoms with van der Waals surface area (Å²) >= 11 is 0. The molecule has 0 aliphatic rings. The molecule has 12 nitrogen and oxygen atoms in total. The highest BCUT2D eigenvalue weighted by Crippen LogP contribution is 2.06. The highest BCUT2D eigenvalue weighted by Gasteiger charge is 2.29. The second kappa shape index (κ2) is 15.4. The number of amides is 4. The summed E-state index contributed by atoms with van der Waals surface area (Å²) in [4.78, 5) is 60.5. The van der Waals surface area contributed by atoms with Crippen LogP contribution >= 0.6 is 0 Å². The summed E-state index contributed by atoms with van der Waals surface area (Å²) in [6.45, 7) is 1.94. The lowest BCUT2D eigenvalue weighted by atomic mass is 10.0. The van der Waals surface area contributed by atoms with Crippen molar-refractivity contribution in [1.29, 1.82) is 0 Å². The van der Waals surface area contributed by atoms with Crippen molar-refractivity contribution in [2.75, 3.05) is 6.54 Å². The first-order valence-electron chi connectivity index (χ1n) is 11.5. The van der Waals surface area contributed by atoms with Crippen LogP contribution in [0.5, 0.6) is 0 Å². The van der Waals surface area contributed by atoms with Crippen molar-refractivity contribution < 1.29 is 29.1 Å². The van der Waals surface area contributed by atoms with E-state index in [1.165, 1.54) is 6.92 Å². The molecule has 1 rings (SSSR count). The Bertz CT molecular complexity index is 865. The summed E-state index contributed by atoms with van der Waals surface area (Å²) in [5.74, 6) is -3.95. The van der Waals surface area contributed by atoms with E-state index < -0.39 is 53.8 Å². The fourth-order valence-electron chi connectivity index (χ4n) is 3.20. The molecule has 0 spiro atoms. The number of aliphatic carboxylic acids is 1. The van der Waals surface area contributed by atoms with Gasteiger partial charge >= 0.3 is 5.97 Å². The minimum absolute atomic E-state index is 0.0693. The van der Waals surface area contributed by atoms with Crippen LogP contribution in [0.4, 0.5) is 0 Å². The minimum atomic E-state index is -1.37. The SMILES string of the molecule is C[C@H](NC(=O)[C@@H](N)CCCCN)C(=O)N[C@@H](Cc1ccccc1)C(=O)N[C@@H](CCC(N)=O)C(=O)O. The topological polar surface area (TPSA) is 220 Å². The van der Waals surface area contributed by atoms with Gasteiger partial charge in [0.1, 0.15) is 18.1 Å². The van der Waals surface area contributed by atoms with E-state index in [0.29, 0.717) is 19.4 Å². The Hall–Kier alpha value is -3.51. The Labute approximate surface area is 204 Å². The second-order valence-electron chi connectivity index (χ2n) is 8.28. The van der Waals surface area contributed by atoms with Crippen molar-refractivity contribution in [2.45, 2.75) is 69.6 Å². The van der Waals surface area contributed by atoms with E-state index in [1.54, 1.807) is 30.3 Å². The molecule has 35 heavy (non-hydrogen) atoms. The Kier molecular flexibility index (Phi) is 13.0. The maximum Gasteiger partial charge on any atom is 0.326 e. The first-order chi connectivity index (χ1) is 16.5. The number of primary amides is 1. The Morgan fingerprint density at radius 3 is 2.09 bits per heavy atom. The molecule has 0 aliphatic heterocycles. The van der Waals surface area contributed by atoms with Gasteiger partial charge in [-0.2, -0.15) is 0 Å². The van der Waals surface area contributed by atoms with Gasteiger partial charge in [-0.25, -0.2) is 4.79 Å². The second-order valence-corrected chi connectivity index (χ2v) is 8.28. The maximum atomic E-state index is 12.9. The lowest BCUT2D eigenvalue weighted by Crippen LogP contribution is -2.57. The van der Waals surface area contributed by atoms with E-state index in [1.807, 2.05) is 0 Å². The van der Waals surface area contributed by atoms with Gasteiger partial charge in [0.15, 0.2) is 0 Å². The molecule has 0 fully saturated rings. The normalized spacial score (nSPS) is 14.1. The Morgan fingerprint density at radius 2 is 1.51 bits per heavy atom. The van der Waals surface area contributed by atoms with Crippen LogP contribution in [0, 0.1) is 0 Å². The lowest BCUT2D eigenvalue weighted by molar-refractivity contribution is -0.142. The monoisotopic (exact) mass is 492 g/mol. The molecule has 0 heterocycles. The molecular weight excluding hydrogens is 456 g/mol. The van der Waals surface area contributed by atoms with Crippen LogP contribution in [0.15, 0.2) is 30.3 Å². The zero-order valence-corrected chi connectivity index (χ0v) is 19.9. The van der Waals surface area contributed by atoms with Crippen LogP contribution in [0.25, 0.3) is 0 Å². The van der Waals surface area contributed by atoms with Gasteiger partial charge in [-0.15, -0.1) is 0 Å². The van der Waals surface area contributed by atoms with Crippen molar-refractivity contribution in [2.24, 2.45) is 17.2 Å². The van der Waals surface area contributed by atoms with Crippen LogP contribution in [0.1, 0.15) is 44.6 Å². The number of nitrogens with one attached hydrogen (secondary N) is 3. The van der Waals surface area contributed by atoms with Gasteiger partial charge < -0.3 is 38.3 Å². The van der Waals surface area contributed by atoms with Gasteiger partial charge in [0.2, 0.25) is 23.6 Å². The van der Waals surface area contributed by atoms with Crippen LogP contribution in [-0.2, 0) is 30.4 Å². The lowest BCUT2D eigenvalue weighted by Gasteiger charge is -2.24. The number of carboxylic acids is 1. The van der Waals surface area contributed by atoms with Gasteiger partial charge in [0.05, 0.1) is 6.04 Å². The van der Waals surface area contributed by atoms with Crippen LogP contribution in [0.3, 0.4) is 0 Å². The average Bonchev–Trinajstić information content (AvgIpc) is 2.81. The highest BCUT2D eigenvalue weighted by molar-refractivity contribution is 5.94. The maximum absolute atomic E-state index is 12.9. The molecule has 4 atom stereocenters. The molecule has 1 aromatic carbocycles. The predicted molar refractivity (Wildman–Crippen MR) is 129 cm³/mol. The number of carbonyl (C=O) groups is 5. The summed E-state index contributed by atoms with van der Waals surface area (Å²) in [6, 6.07) is 4.49. The van der Waals surface area contributed by atoms with Crippen LogP contribution < -0.4 is 33.2 Å². The number of benzene rings is 1. The summed E-state index contributed by atoms with van der Waals surface area (Å²) in [7, 11) is 0. The quantitative estimate of drug-likeness (QED) is 0.134. The van der Waals surface area contributed by atoms with E-state index in [4.69, 9.17) is 17.2 Å². The Morgan fingerprint density at radius 1 is 0.886 bits per heavy atom. The standard InChI is InChI=1S/C23H36N6O6/c1-14(27-21(32)16(25)9-5-6-12-24)20(31)29-18(13-15-7-3-2-4-8-15)22(33)28-17(23(34)35)10-11-19(26)30/h2-4,7-8,14,16-18H,5-6,9-13,24-25H2,1H3,(H2,26,30)(H,27,32)(H,28,33)(H,29,31)(H,34,35)/t14-,16-,17-,18-/m0/s1. The molecule has 4 amide bonds. The smallest absolute Gasteiger partial charge is 0.326 e. The van der Waals surface area contributed by atoms with Crippen molar-refractivity contribution >= 4 is 29.6 Å². The van der Waals surface area contributed by atoms with Crippen LogP contribution in [-0.4, -0.2) is 65.4 Å². The van der Waals surface area contributed by atoms with Gasteiger partial charge in [0.25, 0.3) is 0 Å². The molecule has 12 heteroatoms. The third-order valence-electron chi connectivity index (χ3n) is 5.27. The van der Waals surface area contributed by atoms with E-state index in [9.17, 15) is 29.1 Å². The number of nitrogens with two attached hydrogens (primary N) is 3. The van der Waals surface area contributed by atoms with Gasteiger partial charge in [0, 0.05) is 12.8 Å². The number of hydrogen-bond donors (Lipinski definition) is 7. The van der Waals surface area contributed by atoms with Crippen LogP contribution in [0.2, 0.25) is 0 Å². The first-order valence-corrected chi connectivity index (χ1v) is 11.5. The highest BCUT2D eigenvalue weighted by atomic mass is 16.4. The van der Waals surface area contributed by atoms with Gasteiger partial charge in [-0.1, -0.05) is 36.8 Å². The van der Waals surface area contributed by atoms with E-state index in [0.717, 1.165) is 12.0 Å². The average molecular weight is 493 g/mol. The molecule has 0 aromatic heterocycles. The van der Waals surface area contributed by atoms with E-state index >= 15 is 0 Å². The summed E-state index contributed by atoms with van der Waals surface area (Å²) in [5, 5.41) is 16.8. The van der Waals surface area contributed by atoms with Crippen molar-refractivity contribution in [3.63, 3.8) is 0 Å². The molecule has 0 radical (unpaired) electrons. The number of rotatable bonds is 16. The zero-order chi connectivity index (χ0) is 26.4. The van der Waals surface area contributed by atoms with Gasteiger partial charge in [-0.3, -0.25) is 19.2 Å². The molecule has 0 saturated heterocycles. The number of carboxylic acid groups (broad SMARTS) is 1. The molecule has 0 saturated carbocycles. The Balaban J connectivity index is 2.88. The molecular formula is C23H36N6O6. The fourth-order valence-corrected chi connectivity index (χ4v) is 3.20. The third-order valence-corrected chi connectivity index (χ3v) is 5.27. The number of hydrogen-bond acceptors (Lipinski definition) is 7. The molecule has 10 N–H and O–H groups in total. The summed E-state index contributed by atoms with van der Waals surface area (Å²) in [6.07, 6.45) is 1.45. The molecule has 0 unspecified atom stereocenters. The number of unbranched alkanes of at least 4 members (excludes halogenated alkanes) is 1. The van der Waals surface area contributed by atoms with Crippen molar-refractivity contribution in [3.05, 3.63) is 35.9 Å². The van der Waals surface area contributed by atoms with Crippen molar-refractivity contribution in [3.8, 4) is 0 Å². The molecule has 1 aromatic rings. The molecule has 0 aliphatic carbocycles. The fraction of sp³-hybridized carbons (Fsp3) is 0.522. The number of carbonyl (C=O) groups excluding carboxylic acids is 4. The minimum Gasteiger partial charge on any atom is -0.480 e.